The van der Waals surface area contributed by atoms with Crippen LogP contribution in [0.5, 0.6) is 5.75 Å². The van der Waals surface area contributed by atoms with Gasteiger partial charge in [-0.3, -0.25) is 0 Å². The highest BCUT2D eigenvalue weighted by Gasteiger charge is 2.41. The van der Waals surface area contributed by atoms with Crippen LogP contribution < -0.4 is 4.74 Å². The number of esters is 1. The zero-order valence-corrected chi connectivity index (χ0v) is 22.5. The molecule has 1 aromatic rings. The Labute approximate surface area is 179 Å². The molecule has 0 aliphatic heterocycles. The molecule has 1 rings (SSSR count). The SMILES string of the molecule is COc1ccc(C=CC(=O)OCC(C)C[Si](C)(O[Si](C)(C)C)O[Si](C)(C)C)cc1. The largest absolute Gasteiger partial charge is 0.497 e. The Balaban J connectivity index is 2.62. The molecular weight excluding hydrogens is 416 g/mol. The van der Waals surface area contributed by atoms with E-state index < -0.39 is 25.2 Å². The van der Waals surface area contributed by atoms with Gasteiger partial charge in [0, 0.05) is 6.08 Å². The zero-order chi connectivity index (χ0) is 22.3. The highest BCUT2D eigenvalue weighted by Crippen LogP contribution is 2.27. The molecule has 0 fully saturated rings. The second-order valence-electron chi connectivity index (χ2n) is 9.61. The van der Waals surface area contributed by atoms with Gasteiger partial charge in [0.15, 0.2) is 16.6 Å². The summed E-state index contributed by atoms with van der Waals surface area (Å²) in [5, 5.41) is 0. The first-order valence-corrected chi connectivity index (χ1v) is 19.4. The van der Waals surface area contributed by atoms with Crippen molar-refractivity contribution in [2.45, 2.75) is 58.8 Å². The molecule has 0 saturated heterocycles. The van der Waals surface area contributed by atoms with Gasteiger partial charge in [-0.1, -0.05) is 19.1 Å². The molecule has 1 atom stereocenters. The molecule has 0 radical (unpaired) electrons. The average Bonchev–Trinajstić information content (AvgIpc) is 2.54. The summed E-state index contributed by atoms with van der Waals surface area (Å²) in [4.78, 5) is 12.1. The zero-order valence-electron chi connectivity index (χ0n) is 19.5. The number of carbonyl (C=O) groups excluding carboxylic acids is 1. The van der Waals surface area contributed by atoms with Gasteiger partial charge in [0.1, 0.15) is 5.75 Å². The Kier molecular flexibility index (Phi) is 9.55. The number of carbonyl (C=O) groups is 1. The molecule has 8 heteroatoms. The van der Waals surface area contributed by atoms with Crippen molar-refractivity contribution in [3.8, 4) is 5.75 Å². The summed E-state index contributed by atoms with van der Waals surface area (Å²) in [7, 11) is -4.17. The Hall–Kier alpha value is -1.20. The average molecular weight is 455 g/mol. The second kappa shape index (κ2) is 10.7. The van der Waals surface area contributed by atoms with Crippen LogP contribution in [-0.2, 0) is 17.8 Å². The van der Waals surface area contributed by atoms with Gasteiger partial charge in [-0.15, -0.1) is 0 Å². The van der Waals surface area contributed by atoms with Gasteiger partial charge in [-0.05, 0) is 81.6 Å². The Morgan fingerprint density at radius 3 is 1.93 bits per heavy atom. The Bertz CT molecular complexity index is 659. The summed E-state index contributed by atoms with van der Waals surface area (Å²) < 4.78 is 23.6. The fourth-order valence-electron chi connectivity index (χ4n) is 3.24. The Morgan fingerprint density at radius 1 is 0.966 bits per heavy atom. The van der Waals surface area contributed by atoms with Crippen molar-refractivity contribution in [1.29, 1.82) is 0 Å². The lowest BCUT2D eigenvalue weighted by Gasteiger charge is -2.39. The van der Waals surface area contributed by atoms with E-state index in [0.717, 1.165) is 17.4 Å². The molecule has 0 saturated carbocycles. The number of ether oxygens (including phenoxy) is 2. The van der Waals surface area contributed by atoms with Crippen molar-refractivity contribution in [2.75, 3.05) is 13.7 Å². The molecule has 0 amide bonds. The molecule has 0 aliphatic carbocycles. The van der Waals surface area contributed by atoms with E-state index in [2.05, 4.69) is 52.8 Å². The molecular formula is C21H38O5Si3. The van der Waals surface area contributed by atoms with E-state index in [-0.39, 0.29) is 11.9 Å². The minimum absolute atomic E-state index is 0.178. The normalized spacial score (nSPS) is 14.1. The minimum Gasteiger partial charge on any atom is -0.497 e. The van der Waals surface area contributed by atoms with Crippen LogP contribution in [0.4, 0.5) is 0 Å². The Morgan fingerprint density at radius 2 is 1.48 bits per heavy atom. The maximum atomic E-state index is 12.1. The van der Waals surface area contributed by atoms with Crippen LogP contribution in [0.15, 0.2) is 30.3 Å². The van der Waals surface area contributed by atoms with Crippen LogP contribution in [-0.4, -0.2) is 44.9 Å². The van der Waals surface area contributed by atoms with Gasteiger partial charge in [-0.25, -0.2) is 4.79 Å². The molecule has 1 unspecified atom stereocenters. The fourth-order valence-corrected chi connectivity index (χ4v) is 16.2. The van der Waals surface area contributed by atoms with Gasteiger partial charge < -0.3 is 17.7 Å². The first-order valence-electron chi connectivity index (χ1n) is 10.1. The highest BCUT2D eigenvalue weighted by atomic mass is 28.5. The third-order valence-electron chi connectivity index (χ3n) is 3.80. The molecule has 0 spiro atoms. The summed E-state index contributed by atoms with van der Waals surface area (Å²) in [6.07, 6.45) is 3.20. The second-order valence-corrected chi connectivity index (χ2v) is 22.4. The molecule has 1 aromatic carbocycles. The minimum atomic E-state index is -2.33. The number of rotatable bonds is 11. The van der Waals surface area contributed by atoms with Gasteiger partial charge in [-0.2, -0.15) is 0 Å². The first-order chi connectivity index (χ1) is 13.2. The summed E-state index contributed by atoms with van der Waals surface area (Å²) in [5.74, 6) is 0.623. The van der Waals surface area contributed by atoms with Crippen LogP contribution >= 0.6 is 0 Å². The third-order valence-corrected chi connectivity index (χ3v) is 13.6. The topological polar surface area (TPSA) is 54.0 Å². The molecule has 0 N–H and O–H groups in total. The fraction of sp³-hybridized carbons (Fsp3) is 0.571. The maximum Gasteiger partial charge on any atom is 0.330 e. The molecule has 0 heterocycles. The van der Waals surface area contributed by atoms with Crippen molar-refractivity contribution in [2.24, 2.45) is 5.92 Å². The van der Waals surface area contributed by atoms with E-state index in [0.29, 0.717) is 6.61 Å². The van der Waals surface area contributed by atoms with Crippen molar-refractivity contribution in [3.05, 3.63) is 35.9 Å². The van der Waals surface area contributed by atoms with Gasteiger partial charge in [0.25, 0.3) is 0 Å². The smallest absolute Gasteiger partial charge is 0.330 e. The van der Waals surface area contributed by atoms with Crippen LogP contribution in [0.1, 0.15) is 12.5 Å². The predicted octanol–water partition coefficient (Wildman–Crippen LogP) is 5.66. The standard InChI is InChI=1S/C21H38O5Si3/c1-18(17-29(9,25-27(3,4)5)26-28(6,7)8)16-24-21(22)15-12-19-10-13-20(23-2)14-11-19/h10-15,18H,16-17H2,1-9H3. The summed E-state index contributed by atoms with van der Waals surface area (Å²) >= 11 is 0. The van der Waals surface area contributed by atoms with E-state index >= 15 is 0 Å². The number of methoxy groups -OCH3 is 1. The van der Waals surface area contributed by atoms with Crippen LogP contribution in [0.3, 0.4) is 0 Å². The lowest BCUT2D eigenvalue weighted by atomic mass is 10.2. The monoisotopic (exact) mass is 454 g/mol. The van der Waals surface area contributed by atoms with Gasteiger partial charge >= 0.3 is 14.5 Å². The molecule has 164 valence electrons. The van der Waals surface area contributed by atoms with Crippen molar-refractivity contribution >= 4 is 37.2 Å². The van der Waals surface area contributed by atoms with E-state index in [1.165, 1.54) is 6.08 Å². The molecule has 0 bridgehead atoms. The quantitative estimate of drug-likeness (QED) is 0.245. The number of hydrogen-bond acceptors (Lipinski definition) is 5. The van der Waals surface area contributed by atoms with Crippen molar-refractivity contribution < 1.29 is 22.5 Å². The van der Waals surface area contributed by atoms with E-state index in [9.17, 15) is 4.79 Å². The van der Waals surface area contributed by atoms with Crippen LogP contribution in [0, 0.1) is 5.92 Å². The summed E-state index contributed by atoms with van der Waals surface area (Å²) in [6, 6.07) is 8.32. The van der Waals surface area contributed by atoms with E-state index in [1.807, 2.05) is 24.3 Å². The summed E-state index contributed by atoms with van der Waals surface area (Å²) in [6.45, 7) is 17.8. The van der Waals surface area contributed by atoms with Crippen LogP contribution in [0.2, 0.25) is 51.9 Å². The van der Waals surface area contributed by atoms with Crippen molar-refractivity contribution in [1.82, 2.24) is 0 Å². The van der Waals surface area contributed by atoms with E-state index in [1.54, 1.807) is 13.2 Å². The molecule has 5 nitrogen and oxygen atoms in total. The van der Waals surface area contributed by atoms with Gasteiger partial charge in [0.2, 0.25) is 0 Å². The first kappa shape index (κ1) is 25.8. The number of benzene rings is 1. The van der Waals surface area contributed by atoms with Gasteiger partial charge in [0.05, 0.1) is 13.7 Å². The lowest BCUT2D eigenvalue weighted by Crippen LogP contribution is -2.53. The molecule has 0 aliphatic rings. The highest BCUT2D eigenvalue weighted by molar-refractivity contribution is 6.87. The molecule has 0 aromatic heterocycles. The summed E-state index contributed by atoms with van der Waals surface area (Å²) in [5.41, 5.74) is 0.919. The van der Waals surface area contributed by atoms with Crippen molar-refractivity contribution in [3.63, 3.8) is 0 Å². The maximum absolute atomic E-state index is 12.1. The number of hydrogen-bond donors (Lipinski definition) is 0. The predicted molar refractivity (Wildman–Crippen MR) is 127 cm³/mol. The van der Waals surface area contributed by atoms with Crippen LogP contribution in [0.25, 0.3) is 6.08 Å². The third kappa shape index (κ3) is 11.5. The lowest BCUT2D eigenvalue weighted by molar-refractivity contribution is -0.138. The van der Waals surface area contributed by atoms with E-state index in [4.69, 9.17) is 17.7 Å². The molecule has 29 heavy (non-hydrogen) atoms.